The van der Waals surface area contributed by atoms with Crippen molar-refractivity contribution >= 4 is 23.4 Å². The number of nitrogens with one attached hydrogen (secondary N) is 1. The van der Waals surface area contributed by atoms with Gasteiger partial charge in [0.15, 0.2) is 0 Å². The third kappa shape index (κ3) is 5.90. The van der Waals surface area contributed by atoms with Crippen LogP contribution in [-0.4, -0.2) is 23.3 Å². The van der Waals surface area contributed by atoms with Crippen molar-refractivity contribution in [2.24, 2.45) is 0 Å². The second-order valence-corrected chi connectivity index (χ2v) is 10.5. The SMILES string of the molecule is CCc1cccc(C)c1NC(=O)C(C)Sc1nc(-c2ccc(OC)cc2)cc(-c2ccc(C)cc2)c1C#N. The zero-order valence-corrected chi connectivity index (χ0v) is 23.1. The summed E-state index contributed by atoms with van der Waals surface area (Å²) >= 11 is 1.30. The van der Waals surface area contributed by atoms with Crippen LogP contribution in [0.1, 0.15) is 36.1 Å². The highest BCUT2D eigenvalue weighted by Crippen LogP contribution is 2.36. The van der Waals surface area contributed by atoms with Crippen molar-refractivity contribution in [3.05, 3.63) is 95.1 Å². The summed E-state index contributed by atoms with van der Waals surface area (Å²) in [5, 5.41) is 13.4. The molecule has 3 aromatic carbocycles. The maximum atomic E-state index is 13.3. The van der Waals surface area contributed by atoms with Gasteiger partial charge < -0.3 is 10.1 Å². The van der Waals surface area contributed by atoms with E-state index in [4.69, 9.17) is 9.72 Å². The Morgan fingerprint density at radius 3 is 2.37 bits per heavy atom. The van der Waals surface area contributed by atoms with E-state index in [1.807, 2.05) is 93.6 Å². The number of aromatic nitrogens is 1. The quantitative estimate of drug-likeness (QED) is 0.242. The fraction of sp³-hybridized carbons (Fsp3) is 0.219. The van der Waals surface area contributed by atoms with Crippen LogP contribution in [0.4, 0.5) is 5.69 Å². The number of para-hydroxylation sites is 1. The summed E-state index contributed by atoms with van der Waals surface area (Å²) in [6.07, 6.45) is 0.822. The van der Waals surface area contributed by atoms with Crippen molar-refractivity contribution in [2.75, 3.05) is 12.4 Å². The number of pyridine rings is 1. The lowest BCUT2D eigenvalue weighted by Crippen LogP contribution is -2.24. The maximum Gasteiger partial charge on any atom is 0.237 e. The van der Waals surface area contributed by atoms with E-state index >= 15 is 0 Å². The molecule has 192 valence electrons. The molecule has 0 bridgehead atoms. The molecule has 0 saturated heterocycles. The standard InChI is InChI=1S/C32H31N3O2S/c1-6-23-9-7-8-21(3)30(23)35-31(36)22(4)38-32-28(19-33)27(24-12-10-20(2)11-13-24)18-29(34-32)25-14-16-26(37-5)17-15-25/h7-18,22H,6H2,1-5H3,(H,35,36). The third-order valence-corrected chi connectivity index (χ3v) is 7.58. The number of aryl methyl sites for hydroxylation is 3. The number of nitriles is 1. The Labute approximate surface area is 228 Å². The molecule has 6 heteroatoms. The zero-order valence-electron chi connectivity index (χ0n) is 22.3. The topological polar surface area (TPSA) is 75.0 Å². The molecule has 0 aliphatic carbocycles. The number of hydrogen-bond donors (Lipinski definition) is 1. The predicted molar refractivity (Wildman–Crippen MR) is 156 cm³/mol. The van der Waals surface area contributed by atoms with E-state index < -0.39 is 5.25 Å². The Bertz CT molecular complexity index is 1490. The van der Waals surface area contributed by atoms with E-state index in [0.29, 0.717) is 10.6 Å². The average Bonchev–Trinajstić information content (AvgIpc) is 2.94. The molecule has 0 radical (unpaired) electrons. The molecule has 1 N–H and O–H groups in total. The highest BCUT2D eigenvalue weighted by Gasteiger charge is 2.22. The number of carbonyl (C=O) groups excluding carboxylic acids is 1. The minimum Gasteiger partial charge on any atom is -0.497 e. The number of amides is 1. The fourth-order valence-electron chi connectivity index (χ4n) is 4.23. The number of hydrogen-bond acceptors (Lipinski definition) is 5. The van der Waals surface area contributed by atoms with Gasteiger partial charge in [0.2, 0.25) is 5.91 Å². The number of benzene rings is 3. The van der Waals surface area contributed by atoms with Crippen molar-refractivity contribution in [3.63, 3.8) is 0 Å². The molecule has 1 unspecified atom stereocenters. The number of methoxy groups -OCH3 is 1. The van der Waals surface area contributed by atoms with Gasteiger partial charge in [0.1, 0.15) is 16.8 Å². The molecule has 38 heavy (non-hydrogen) atoms. The summed E-state index contributed by atoms with van der Waals surface area (Å²) in [7, 11) is 1.63. The Kier molecular flexibility index (Phi) is 8.50. The van der Waals surface area contributed by atoms with E-state index in [0.717, 1.165) is 56.9 Å². The van der Waals surface area contributed by atoms with Crippen LogP contribution in [0.2, 0.25) is 0 Å². The largest absolute Gasteiger partial charge is 0.497 e. The molecule has 0 aliphatic heterocycles. The molecule has 4 rings (SSSR count). The average molecular weight is 522 g/mol. The summed E-state index contributed by atoms with van der Waals surface area (Å²) in [5.41, 5.74) is 7.91. The number of nitrogens with zero attached hydrogens (tertiary/aromatic N) is 2. The number of anilines is 1. The van der Waals surface area contributed by atoms with Crippen LogP contribution in [0.5, 0.6) is 5.75 Å². The van der Waals surface area contributed by atoms with E-state index in [9.17, 15) is 10.1 Å². The summed E-state index contributed by atoms with van der Waals surface area (Å²) in [6, 6.07) is 26.1. The van der Waals surface area contributed by atoms with Gasteiger partial charge in [0.25, 0.3) is 0 Å². The van der Waals surface area contributed by atoms with Gasteiger partial charge >= 0.3 is 0 Å². The molecule has 1 aromatic heterocycles. The molecular weight excluding hydrogens is 490 g/mol. The molecule has 0 aliphatic rings. The van der Waals surface area contributed by atoms with Crippen LogP contribution in [0, 0.1) is 25.2 Å². The van der Waals surface area contributed by atoms with Crippen LogP contribution >= 0.6 is 11.8 Å². The molecule has 0 saturated carbocycles. The molecule has 1 amide bonds. The van der Waals surface area contributed by atoms with Crippen LogP contribution in [0.15, 0.2) is 77.8 Å². The molecule has 5 nitrogen and oxygen atoms in total. The van der Waals surface area contributed by atoms with Crippen LogP contribution < -0.4 is 10.1 Å². The Balaban J connectivity index is 1.74. The second kappa shape index (κ2) is 12.0. The Morgan fingerprint density at radius 1 is 1.05 bits per heavy atom. The molecule has 0 fully saturated rings. The first kappa shape index (κ1) is 27.0. The number of rotatable bonds is 8. The highest BCUT2D eigenvalue weighted by atomic mass is 32.2. The van der Waals surface area contributed by atoms with Gasteiger partial charge in [0.05, 0.1) is 23.6 Å². The maximum absolute atomic E-state index is 13.3. The number of ether oxygens (including phenoxy) is 1. The molecular formula is C32H31N3O2S. The summed E-state index contributed by atoms with van der Waals surface area (Å²) < 4.78 is 5.31. The van der Waals surface area contributed by atoms with Crippen molar-refractivity contribution in [1.29, 1.82) is 5.26 Å². The number of carbonyl (C=O) groups is 1. The van der Waals surface area contributed by atoms with Gasteiger partial charge in [-0.3, -0.25) is 4.79 Å². The lowest BCUT2D eigenvalue weighted by Gasteiger charge is -2.18. The first-order valence-corrected chi connectivity index (χ1v) is 13.4. The van der Waals surface area contributed by atoms with Gasteiger partial charge in [-0.25, -0.2) is 4.98 Å². The van der Waals surface area contributed by atoms with Crippen molar-refractivity contribution in [3.8, 4) is 34.2 Å². The summed E-state index contributed by atoms with van der Waals surface area (Å²) in [5.74, 6) is 0.625. The van der Waals surface area contributed by atoms with Gasteiger partial charge in [-0.1, -0.05) is 66.7 Å². The smallest absolute Gasteiger partial charge is 0.237 e. The predicted octanol–water partition coefficient (Wildman–Crippen LogP) is 7.59. The monoisotopic (exact) mass is 521 g/mol. The van der Waals surface area contributed by atoms with E-state index in [2.05, 4.69) is 18.3 Å². The van der Waals surface area contributed by atoms with E-state index in [1.165, 1.54) is 11.8 Å². The molecule has 1 heterocycles. The second-order valence-electron chi connectivity index (χ2n) is 9.15. The molecule has 1 atom stereocenters. The first-order chi connectivity index (χ1) is 18.3. The van der Waals surface area contributed by atoms with Crippen molar-refractivity contribution < 1.29 is 9.53 Å². The minimum atomic E-state index is -0.476. The van der Waals surface area contributed by atoms with Crippen molar-refractivity contribution in [2.45, 2.75) is 44.4 Å². The lowest BCUT2D eigenvalue weighted by atomic mass is 9.98. The summed E-state index contributed by atoms with van der Waals surface area (Å²) in [6.45, 7) is 7.94. The van der Waals surface area contributed by atoms with Crippen LogP contribution in [0.3, 0.4) is 0 Å². The van der Waals surface area contributed by atoms with Gasteiger partial charge in [-0.05, 0) is 74.2 Å². The molecule has 0 spiro atoms. The fourth-order valence-corrected chi connectivity index (χ4v) is 5.16. The first-order valence-electron chi connectivity index (χ1n) is 12.6. The summed E-state index contributed by atoms with van der Waals surface area (Å²) in [4.78, 5) is 18.2. The Morgan fingerprint density at radius 2 is 1.74 bits per heavy atom. The van der Waals surface area contributed by atoms with Crippen molar-refractivity contribution in [1.82, 2.24) is 4.98 Å². The van der Waals surface area contributed by atoms with Gasteiger partial charge in [-0.2, -0.15) is 5.26 Å². The van der Waals surface area contributed by atoms with E-state index in [-0.39, 0.29) is 5.91 Å². The van der Waals surface area contributed by atoms with Gasteiger partial charge in [-0.15, -0.1) is 0 Å². The molecule has 4 aromatic rings. The van der Waals surface area contributed by atoms with Crippen LogP contribution in [-0.2, 0) is 11.2 Å². The Hall–Kier alpha value is -4.08. The normalized spacial score (nSPS) is 11.5. The third-order valence-electron chi connectivity index (χ3n) is 6.49. The highest BCUT2D eigenvalue weighted by molar-refractivity contribution is 8.00. The van der Waals surface area contributed by atoms with Gasteiger partial charge in [0, 0.05) is 16.8 Å². The minimum absolute atomic E-state index is 0.128. The van der Waals surface area contributed by atoms with Crippen LogP contribution in [0.25, 0.3) is 22.4 Å². The van der Waals surface area contributed by atoms with E-state index in [1.54, 1.807) is 7.11 Å². The number of thioether (sulfide) groups is 1. The zero-order chi connectivity index (χ0) is 27.2. The lowest BCUT2D eigenvalue weighted by molar-refractivity contribution is -0.115.